The quantitative estimate of drug-likeness (QED) is 0.762. The lowest BCUT2D eigenvalue weighted by atomic mass is 10.0. The summed E-state index contributed by atoms with van der Waals surface area (Å²) in [5.74, 6) is 1.79. The van der Waals surface area contributed by atoms with Crippen molar-refractivity contribution in [1.82, 2.24) is 5.48 Å². The second kappa shape index (κ2) is 4.72. The summed E-state index contributed by atoms with van der Waals surface area (Å²) >= 11 is 0. The minimum atomic E-state index is 0.368. The minimum absolute atomic E-state index is 0.368. The molecular formula is C12H17NO3. The van der Waals surface area contributed by atoms with Crippen LogP contribution >= 0.6 is 0 Å². The number of nitrogens with one attached hydrogen (secondary N) is 1. The number of rotatable bonds is 4. The zero-order valence-corrected chi connectivity index (χ0v) is 9.67. The van der Waals surface area contributed by atoms with Crippen molar-refractivity contribution in [2.75, 3.05) is 14.2 Å². The van der Waals surface area contributed by atoms with E-state index in [-0.39, 0.29) is 0 Å². The first-order valence-electron chi connectivity index (χ1n) is 5.44. The Morgan fingerprint density at radius 2 is 2.00 bits per heavy atom. The van der Waals surface area contributed by atoms with E-state index in [0.717, 1.165) is 36.3 Å². The van der Waals surface area contributed by atoms with E-state index >= 15 is 0 Å². The number of fused-ring (bicyclic) bond motifs is 1. The van der Waals surface area contributed by atoms with E-state index < -0.39 is 0 Å². The molecule has 0 aromatic heterocycles. The Balaban J connectivity index is 2.53. The number of methoxy groups -OCH3 is 2. The third-order valence-electron chi connectivity index (χ3n) is 3.08. The van der Waals surface area contributed by atoms with E-state index in [1.54, 1.807) is 14.2 Å². The molecule has 0 bridgehead atoms. The fraction of sp³-hybridized carbons (Fsp3) is 0.500. The highest BCUT2D eigenvalue weighted by molar-refractivity contribution is 5.55. The van der Waals surface area contributed by atoms with Crippen LogP contribution in [0.15, 0.2) is 6.07 Å². The van der Waals surface area contributed by atoms with E-state index in [1.165, 1.54) is 11.1 Å². The Morgan fingerprint density at radius 1 is 1.25 bits per heavy atom. The molecule has 0 saturated heterocycles. The number of hydrogen-bond acceptors (Lipinski definition) is 4. The van der Waals surface area contributed by atoms with Crippen molar-refractivity contribution >= 4 is 0 Å². The van der Waals surface area contributed by atoms with Gasteiger partial charge in [0.25, 0.3) is 0 Å². The first-order valence-corrected chi connectivity index (χ1v) is 5.44. The standard InChI is InChI=1S/C12H17NO3/c1-15-11-6-8(7-13-14)12(16-2)10-5-3-4-9(10)11/h6,13-14H,3-5,7H2,1-2H3. The van der Waals surface area contributed by atoms with E-state index in [4.69, 9.17) is 14.7 Å². The molecule has 0 saturated carbocycles. The normalized spacial score (nSPS) is 13.7. The van der Waals surface area contributed by atoms with Crippen LogP contribution in [0.4, 0.5) is 0 Å². The van der Waals surface area contributed by atoms with Crippen LogP contribution in [0.1, 0.15) is 23.1 Å². The van der Waals surface area contributed by atoms with Gasteiger partial charge in [0.2, 0.25) is 0 Å². The molecule has 0 radical (unpaired) electrons. The molecule has 0 spiro atoms. The molecule has 1 aromatic rings. The number of benzene rings is 1. The molecule has 0 atom stereocenters. The highest BCUT2D eigenvalue weighted by atomic mass is 16.5. The predicted molar refractivity (Wildman–Crippen MR) is 60.2 cm³/mol. The molecule has 0 unspecified atom stereocenters. The largest absolute Gasteiger partial charge is 0.496 e. The van der Waals surface area contributed by atoms with E-state index in [1.807, 2.05) is 6.07 Å². The van der Waals surface area contributed by atoms with E-state index in [2.05, 4.69) is 5.48 Å². The van der Waals surface area contributed by atoms with Gasteiger partial charge in [0.1, 0.15) is 11.5 Å². The van der Waals surface area contributed by atoms with Gasteiger partial charge in [-0.2, -0.15) is 0 Å². The van der Waals surface area contributed by atoms with Crippen LogP contribution in [0.5, 0.6) is 11.5 Å². The molecule has 1 aromatic carbocycles. The molecular weight excluding hydrogens is 206 g/mol. The summed E-state index contributed by atoms with van der Waals surface area (Å²) in [4.78, 5) is 0. The number of ether oxygens (including phenoxy) is 2. The third-order valence-corrected chi connectivity index (χ3v) is 3.08. The van der Waals surface area contributed by atoms with Gasteiger partial charge < -0.3 is 14.7 Å². The van der Waals surface area contributed by atoms with Crippen LogP contribution in [0, 0.1) is 0 Å². The topological polar surface area (TPSA) is 50.7 Å². The maximum atomic E-state index is 8.81. The molecule has 16 heavy (non-hydrogen) atoms. The molecule has 0 amide bonds. The van der Waals surface area contributed by atoms with Gasteiger partial charge in [-0.25, -0.2) is 5.48 Å². The van der Waals surface area contributed by atoms with Gasteiger partial charge in [-0.3, -0.25) is 0 Å². The number of hydroxylamine groups is 1. The molecule has 0 heterocycles. The smallest absolute Gasteiger partial charge is 0.127 e. The molecule has 2 rings (SSSR count). The zero-order valence-electron chi connectivity index (χ0n) is 9.67. The maximum absolute atomic E-state index is 8.81. The molecule has 1 aliphatic rings. The second-order valence-electron chi connectivity index (χ2n) is 3.92. The van der Waals surface area contributed by atoms with Crippen molar-refractivity contribution in [1.29, 1.82) is 0 Å². The molecule has 0 fully saturated rings. The van der Waals surface area contributed by atoms with Gasteiger partial charge in [0, 0.05) is 23.2 Å². The summed E-state index contributed by atoms with van der Waals surface area (Å²) in [7, 11) is 3.35. The molecule has 4 nitrogen and oxygen atoms in total. The van der Waals surface area contributed by atoms with Gasteiger partial charge in [-0.15, -0.1) is 0 Å². The fourth-order valence-corrected chi connectivity index (χ4v) is 2.42. The Labute approximate surface area is 95.1 Å². The molecule has 0 aliphatic heterocycles. The van der Waals surface area contributed by atoms with Crippen molar-refractivity contribution in [3.05, 3.63) is 22.8 Å². The Bertz CT molecular complexity index is 390. The molecule has 88 valence electrons. The van der Waals surface area contributed by atoms with Crippen molar-refractivity contribution in [2.24, 2.45) is 0 Å². The Kier molecular flexibility index (Phi) is 3.31. The SMILES string of the molecule is COc1cc(CNO)c(OC)c2c1CCC2. The van der Waals surface area contributed by atoms with Crippen molar-refractivity contribution in [3.63, 3.8) is 0 Å². The van der Waals surface area contributed by atoms with Crippen LogP contribution in [0.2, 0.25) is 0 Å². The lowest BCUT2D eigenvalue weighted by molar-refractivity contribution is 0.160. The van der Waals surface area contributed by atoms with E-state index in [9.17, 15) is 0 Å². The summed E-state index contributed by atoms with van der Waals surface area (Å²) in [5, 5.41) is 8.81. The Hall–Kier alpha value is -1.26. The fourth-order valence-electron chi connectivity index (χ4n) is 2.42. The van der Waals surface area contributed by atoms with Crippen molar-refractivity contribution in [3.8, 4) is 11.5 Å². The van der Waals surface area contributed by atoms with Gasteiger partial charge in [-0.05, 0) is 25.3 Å². The average molecular weight is 223 g/mol. The van der Waals surface area contributed by atoms with Gasteiger partial charge in [0.05, 0.1) is 14.2 Å². The first kappa shape index (κ1) is 11.2. The molecule has 2 N–H and O–H groups in total. The highest BCUT2D eigenvalue weighted by Gasteiger charge is 2.22. The first-order chi connectivity index (χ1) is 7.81. The zero-order chi connectivity index (χ0) is 11.5. The monoisotopic (exact) mass is 223 g/mol. The summed E-state index contributed by atoms with van der Waals surface area (Å²) < 4.78 is 10.8. The second-order valence-corrected chi connectivity index (χ2v) is 3.92. The van der Waals surface area contributed by atoms with Crippen LogP contribution in [0.25, 0.3) is 0 Å². The highest BCUT2D eigenvalue weighted by Crippen LogP contribution is 2.39. The van der Waals surface area contributed by atoms with Gasteiger partial charge in [-0.1, -0.05) is 0 Å². The lowest BCUT2D eigenvalue weighted by Crippen LogP contribution is -2.09. The summed E-state index contributed by atoms with van der Waals surface area (Å²) in [6.45, 7) is 0.368. The minimum Gasteiger partial charge on any atom is -0.496 e. The maximum Gasteiger partial charge on any atom is 0.127 e. The summed E-state index contributed by atoms with van der Waals surface area (Å²) in [6.07, 6.45) is 3.20. The van der Waals surface area contributed by atoms with Crippen LogP contribution < -0.4 is 15.0 Å². The van der Waals surface area contributed by atoms with E-state index in [0.29, 0.717) is 6.54 Å². The van der Waals surface area contributed by atoms with Crippen LogP contribution in [-0.2, 0) is 19.4 Å². The lowest BCUT2D eigenvalue weighted by Gasteiger charge is -2.16. The summed E-state index contributed by atoms with van der Waals surface area (Å²) in [6, 6.07) is 1.94. The average Bonchev–Trinajstić information content (AvgIpc) is 2.77. The van der Waals surface area contributed by atoms with Gasteiger partial charge >= 0.3 is 0 Å². The van der Waals surface area contributed by atoms with Gasteiger partial charge in [0.15, 0.2) is 0 Å². The van der Waals surface area contributed by atoms with Crippen molar-refractivity contribution < 1.29 is 14.7 Å². The summed E-state index contributed by atoms with van der Waals surface area (Å²) in [5.41, 5.74) is 5.58. The predicted octanol–water partition coefficient (Wildman–Crippen LogP) is 1.67. The van der Waals surface area contributed by atoms with Crippen LogP contribution in [0.3, 0.4) is 0 Å². The number of hydrogen-bond donors (Lipinski definition) is 2. The Morgan fingerprint density at radius 3 is 2.62 bits per heavy atom. The molecule has 4 heteroatoms. The third kappa shape index (κ3) is 1.74. The van der Waals surface area contributed by atoms with Crippen LogP contribution in [-0.4, -0.2) is 19.4 Å². The van der Waals surface area contributed by atoms with Crippen molar-refractivity contribution in [2.45, 2.75) is 25.8 Å². The molecule has 1 aliphatic carbocycles.